The summed E-state index contributed by atoms with van der Waals surface area (Å²) >= 11 is 16.1. The van der Waals surface area contributed by atoms with Crippen molar-refractivity contribution in [1.82, 2.24) is 0 Å². The summed E-state index contributed by atoms with van der Waals surface area (Å²) in [4.78, 5) is 38.1. The van der Waals surface area contributed by atoms with Crippen LogP contribution in [0.25, 0.3) is 0 Å². The van der Waals surface area contributed by atoms with Crippen LogP contribution in [0.15, 0.2) is 5.16 Å². The number of oxime groups is 1. The number of esters is 2. The van der Waals surface area contributed by atoms with Gasteiger partial charge in [0.25, 0.3) is 0 Å². The molecule has 0 amide bonds. The second kappa shape index (κ2) is 8.99. The Morgan fingerprint density at radius 3 is 2.20 bits per heavy atom. The number of hydrogen-bond donors (Lipinski definition) is 0. The van der Waals surface area contributed by atoms with Gasteiger partial charge in [-0.2, -0.15) is 0 Å². The van der Waals surface area contributed by atoms with Gasteiger partial charge in [0.05, 0.1) is 6.61 Å². The van der Waals surface area contributed by atoms with E-state index in [-0.39, 0.29) is 6.61 Å². The van der Waals surface area contributed by atoms with Crippen molar-refractivity contribution in [3.8, 4) is 0 Å². The van der Waals surface area contributed by atoms with Crippen molar-refractivity contribution in [2.45, 2.75) is 17.6 Å². The van der Waals surface area contributed by atoms with Gasteiger partial charge in [-0.1, -0.05) is 40.0 Å². The normalized spacial score (nSPS) is 11.8. The maximum Gasteiger partial charge on any atom is 0.364 e. The van der Waals surface area contributed by atoms with Crippen LogP contribution in [0.4, 0.5) is 0 Å². The molecule has 0 bridgehead atoms. The van der Waals surface area contributed by atoms with Crippen molar-refractivity contribution in [1.29, 1.82) is 0 Å². The maximum absolute atomic E-state index is 11.3. The van der Waals surface area contributed by atoms with Gasteiger partial charge in [-0.25, -0.2) is 9.59 Å². The largest absolute Gasteiger partial charge is 0.461 e. The number of carbonyl (C=O) groups excluding carboxylic acids is 3. The highest BCUT2D eigenvalue weighted by molar-refractivity contribution is 6.67. The van der Waals surface area contributed by atoms with Crippen LogP contribution in [-0.2, 0) is 28.7 Å². The number of halogens is 3. The molecule has 0 aliphatic heterocycles. The molecule has 114 valence electrons. The van der Waals surface area contributed by atoms with Gasteiger partial charge in [-0.3, -0.25) is 4.79 Å². The molecule has 0 radical (unpaired) electrons. The quantitative estimate of drug-likeness (QED) is 0.227. The number of alkyl halides is 3. The van der Waals surface area contributed by atoms with E-state index in [1.165, 1.54) is 0 Å². The van der Waals surface area contributed by atoms with Gasteiger partial charge in [0.15, 0.2) is 5.78 Å². The minimum atomic E-state index is -1.74. The summed E-state index contributed by atoms with van der Waals surface area (Å²) in [6, 6.07) is 0. The summed E-state index contributed by atoms with van der Waals surface area (Å²) in [6.07, 6.45) is 0. The Morgan fingerprint density at radius 2 is 1.75 bits per heavy atom. The van der Waals surface area contributed by atoms with Crippen molar-refractivity contribution < 1.29 is 28.7 Å². The summed E-state index contributed by atoms with van der Waals surface area (Å²) in [5.74, 6) is -2.50. The Balaban J connectivity index is 4.34. The van der Waals surface area contributed by atoms with Crippen molar-refractivity contribution in [2.24, 2.45) is 5.16 Å². The summed E-state index contributed by atoms with van der Waals surface area (Å²) < 4.78 is 7.36. The molecule has 0 atom stereocenters. The third kappa shape index (κ3) is 8.95. The van der Waals surface area contributed by atoms with Gasteiger partial charge in [-0.15, -0.1) is 0 Å². The van der Waals surface area contributed by atoms with Crippen molar-refractivity contribution >= 4 is 58.2 Å². The van der Waals surface area contributed by atoms with Gasteiger partial charge >= 0.3 is 11.9 Å². The highest BCUT2D eigenvalue weighted by Gasteiger charge is 2.23. The summed E-state index contributed by atoms with van der Waals surface area (Å²) in [5.41, 5.74) is -0.568. The molecule has 20 heavy (non-hydrogen) atoms. The van der Waals surface area contributed by atoms with Crippen LogP contribution in [0.1, 0.15) is 13.8 Å². The lowest BCUT2D eigenvalue weighted by molar-refractivity contribution is -0.149. The summed E-state index contributed by atoms with van der Waals surface area (Å²) in [5, 5.41) is 3.22. The first-order valence-electron chi connectivity index (χ1n) is 5.27. The van der Waals surface area contributed by atoms with Crippen LogP contribution < -0.4 is 0 Å². The fourth-order valence-corrected chi connectivity index (χ4v) is 0.962. The van der Waals surface area contributed by atoms with Crippen molar-refractivity contribution in [2.75, 3.05) is 19.8 Å². The molecule has 0 aromatic heterocycles. The van der Waals surface area contributed by atoms with E-state index in [2.05, 4.69) is 19.5 Å². The van der Waals surface area contributed by atoms with E-state index in [0.717, 1.165) is 6.92 Å². The zero-order valence-corrected chi connectivity index (χ0v) is 12.9. The smallest absolute Gasteiger partial charge is 0.364 e. The Labute approximate surface area is 130 Å². The monoisotopic (exact) mass is 347 g/mol. The molecule has 0 heterocycles. The lowest BCUT2D eigenvalue weighted by Gasteiger charge is -2.10. The lowest BCUT2D eigenvalue weighted by atomic mass is 10.3. The van der Waals surface area contributed by atoms with Gasteiger partial charge in [-0.05, 0) is 6.92 Å². The number of hydrogen-bond acceptors (Lipinski definition) is 7. The fraction of sp³-hybridized carbons (Fsp3) is 0.600. The molecule has 0 aliphatic carbocycles. The van der Waals surface area contributed by atoms with Gasteiger partial charge < -0.3 is 14.3 Å². The van der Waals surface area contributed by atoms with E-state index >= 15 is 0 Å². The zero-order valence-electron chi connectivity index (χ0n) is 10.7. The van der Waals surface area contributed by atoms with E-state index in [1.54, 1.807) is 6.92 Å². The average Bonchev–Trinajstić information content (AvgIpc) is 2.30. The third-order valence-corrected chi connectivity index (χ3v) is 1.86. The van der Waals surface area contributed by atoms with Crippen LogP contribution >= 0.6 is 34.8 Å². The maximum atomic E-state index is 11.3. The number of nitrogens with zero attached hydrogens (tertiary/aromatic N) is 1. The van der Waals surface area contributed by atoms with E-state index in [1.807, 2.05) is 0 Å². The predicted octanol–water partition coefficient (Wildman–Crippen LogP) is 1.42. The Hall–Kier alpha value is -1.05. The average molecular weight is 349 g/mol. The number of rotatable bonds is 7. The topological polar surface area (TPSA) is 91.3 Å². The molecule has 0 unspecified atom stereocenters. The second-order valence-electron chi connectivity index (χ2n) is 3.27. The second-order valence-corrected chi connectivity index (χ2v) is 5.78. The fourth-order valence-electron chi connectivity index (χ4n) is 0.798. The lowest BCUT2D eigenvalue weighted by Crippen LogP contribution is -2.25. The highest BCUT2D eigenvalue weighted by atomic mass is 35.6. The molecule has 10 heteroatoms. The summed E-state index contributed by atoms with van der Waals surface area (Å²) in [7, 11) is 0. The van der Waals surface area contributed by atoms with Crippen LogP contribution in [0.5, 0.6) is 0 Å². The molecule has 0 aromatic rings. The first-order chi connectivity index (χ1) is 9.17. The molecular formula is C10H12Cl3NO6. The molecule has 7 nitrogen and oxygen atoms in total. The summed E-state index contributed by atoms with van der Waals surface area (Å²) in [6.45, 7) is 1.60. The minimum absolute atomic E-state index is 0.0659. The molecule has 0 fully saturated rings. The van der Waals surface area contributed by atoms with Gasteiger partial charge in [0.2, 0.25) is 16.1 Å². The van der Waals surface area contributed by atoms with E-state index < -0.39 is 40.4 Å². The van der Waals surface area contributed by atoms with Crippen LogP contribution in [0, 0.1) is 0 Å². The standard InChI is InChI=1S/C10H12Cl3NO6/c1-3-18-9(17)8(6(2)15)14-20-4-7(16)19-5-10(11,12)13/h3-5H2,1-2H3/b14-8+. The van der Waals surface area contributed by atoms with Crippen molar-refractivity contribution in [3.05, 3.63) is 0 Å². The molecule has 0 N–H and O–H groups in total. The number of Topliss-reactive ketones (excluding diaryl/α,β-unsaturated/α-hetero) is 1. The third-order valence-electron chi connectivity index (χ3n) is 1.54. The number of ketones is 1. The molecule has 0 saturated heterocycles. The highest BCUT2D eigenvalue weighted by Crippen LogP contribution is 2.25. The number of ether oxygens (including phenoxy) is 2. The Kier molecular flexibility index (Phi) is 8.52. The van der Waals surface area contributed by atoms with Crippen LogP contribution in [-0.4, -0.2) is 47.0 Å². The molecular weight excluding hydrogens is 336 g/mol. The first-order valence-corrected chi connectivity index (χ1v) is 6.41. The van der Waals surface area contributed by atoms with E-state index in [9.17, 15) is 14.4 Å². The van der Waals surface area contributed by atoms with E-state index in [4.69, 9.17) is 34.8 Å². The van der Waals surface area contributed by atoms with Gasteiger partial charge in [0.1, 0.15) is 6.61 Å². The van der Waals surface area contributed by atoms with Crippen LogP contribution in [0.3, 0.4) is 0 Å². The number of carbonyl (C=O) groups is 3. The van der Waals surface area contributed by atoms with Gasteiger partial charge in [0, 0.05) is 6.92 Å². The molecule has 0 saturated carbocycles. The molecule has 0 rings (SSSR count). The van der Waals surface area contributed by atoms with Crippen molar-refractivity contribution in [3.63, 3.8) is 0 Å². The molecule has 0 aliphatic rings. The Bertz CT molecular complexity index is 404. The minimum Gasteiger partial charge on any atom is -0.461 e. The molecule has 0 spiro atoms. The zero-order chi connectivity index (χ0) is 15.8. The SMILES string of the molecule is CCOC(=O)/C(=N/OCC(=O)OCC(Cl)(Cl)Cl)C(C)=O. The molecule has 0 aromatic carbocycles. The van der Waals surface area contributed by atoms with Crippen LogP contribution in [0.2, 0.25) is 0 Å². The van der Waals surface area contributed by atoms with E-state index in [0.29, 0.717) is 0 Å². The predicted molar refractivity (Wildman–Crippen MR) is 72.0 cm³/mol. The Morgan fingerprint density at radius 1 is 1.15 bits per heavy atom. The first kappa shape index (κ1) is 18.9.